The first-order chi connectivity index (χ1) is 20.6. The highest BCUT2D eigenvalue weighted by atomic mass is 127. The molecule has 13 heteroatoms. The molecule has 0 spiro atoms. The lowest BCUT2D eigenvalue weighted by Gasteiger charge is -2.26. The minimum Gasteiger partial charge on any atom is -1.00 e. The first-order valence-electron chi connectivity index (χ1n) is 14.4. The van der Waals surface area contributed by atoms with Crippen LogP contribution in [0.3, 0.4) is 0 Å². The van der Waals surface area contributed by atoms with Crippen molar-refractivity contribution in [2.75, 3.05) is 54.1 Å². The van der Waals surface area contributed by atoms with Crippen LogP contribution in [0.1, 0.15) is 40.5 Å². The Balaban J connectivity index is 0.00000529. The zero-order valence-corrected chi connectivity index (χ0v) is 30.3. The van der Waals surface area contributed by atoms with Crippen molar-refractivity contribution in [3.63, 3.8) is 0 Å². The van der Waals surface area contributed by atoms with Crippen molar-refractivity contribution in [2.45, 2.75) is 46.7 Å². The summed E-state index contributed by atoms with van der Waals surface area (Å²) in [5.74, 6) is 0.380. The summed E-state index contributed by atoms with van der Waals surface area (Å²) in [6.07, 6.45) is 7.62. The molecule has 2 aromatic carbocycles. The molecule has 0 aromatic heterocycles. The minimum atomic E-state index is -0.300. The van der Waals surface area contributed by atoms with Gasteiger partial charge in [-0.3, -0.25) is 14.5 Å². The summed E-state index contributed by atoms with van der Waals surface area (Å²) < 4.78 is 10.4. The van der Waals surface area contributed by atoms with Crippen molar-refractivity contribution in [1.82, 2.24) is 0 Å². The summed E-state index contributed by atoms with van der Waals surface area (Å²) in [5.41, 5.74) is 4.00. The van der Waals surface area contributed by atoms with Crippen LogP contribution in [0.25, 0.3) is 0 Å². The number of hydrogen-bond donors (Lipinski definition) is 1. The third-order valence-corrected chi connectivity index (χ3v) is 8.91. The number of esters is 2. The summed E-state index contributed by atoms with van der Waals surface area (Å²) in [6.45, 7) is 10.5. The highest BCUT2D eigenvalue weighted by molar-refractivity contribution is 6.43. The number of likely N-dealkylation sites (N-methyl/N-ethyl adjacent to an activating group) is 1. The SMILES string of the molecule is CCN1/C(=C/C=C/C2N(CC)c3cc(Cl)c(Cl)cc3[NH+]2CCCOC(C)=O)N(CCCOC(C)=O)c2cc(Cl)c(Cl)cc21.[I-]. The molecule has 2 unspecified atom stereocenters. The Morgan fingerprint density at radius 2 is 1.36 bits per heavy atom. The molecule has 0 saturated carbocycles. The van der Waals surface area contributed by atoms with Crippen molar-refractivity contribution >= 4 is 81.1 Å². The van der Waals surface area contributed by atoms with Crippen LogP contribution in [0.5, 0.6) is 0 Å². The molecular weight excluding hydrogens is 761 g/mol. The average Bonchev–Trinajstić information content (AvgIpc) is 3.39. The maximum absolute atomic E-state index is 11.3. The summed E-state index contributed by atoms with van der Waals surface area (Å²) >= 11 is 25.8. The van der Waals surface area contributed by atoms with E-state index in [9.17, 15) is 9.59 Å². The molecule has 0 aliphatic carbocycles. The quantitative estimate of drug-likeness (QED) is 0.200. The maximum atomic E-state index is 11.3. The van der Waals surface area contributed by atoms with E-state index in [1.165, 1.54) is 18.7 Å². The van der Waals surface area contributed by atoms with Crippen LogP contribution in [0.4, 0.5) is 22.7 Å². The Morgan fingerprint density at radius 1 is 0.818 bits per heavy atom. The molecule has 0 bridgehead atoms. The van der Waals surface area contributed by atoms with Crippen molar-refractivity contribution in [3.05, 3.63) is 68.4 Å². The zero-order chi connectivity index (χ0) is 31.3. The van der Waals surface area contributed by atoms with Gasteiger partial charge in [0, 0.05) is 46.0 Å². The van der Waals surface area contributed by atoms with Gasteiger partial charge in [-0.2, -0.15) is 0 Å². The van der Waals surface area contributed by atoms with Gasteiger partial charge in [0.2, 0.25) is 0 Å². The number of ether oxygens (including phenoxy) is 2. The number of quaternary nitrogens is 1. The molecule has 2 atom stereocenters. The summed E-state index contributed by atoms with van der Waals surface area (Å²) in [4.78, 5) is 30.5. The molecule has 0 amide bonds. The number of allylic oxidation sites excluding steroid dienone is 2. The van der Waals surface area contributed by atoms with Crippen molar-refractivity contribution in [2.24, 2.45) is 0 Å². The van der Waals surface area contributed by atoms with Crippen molar-refractivity contribution in [1.29, 1.82) is 0 Å². The average molecular weight is 798 g/mol. The molecule has 44 heavy (non-hydrogen) atoms. The molecule has 0 fully saturated rings. The van der Waals surface area contributed by atoms with Crippen LogP contribution in [-0.4, -0.2) is 57.5 Å². The Hall–Kier alpha value is -1.89. The lowest BCUT2D eigenvalue weighted by atomic mass is 10.2. The summed E-state index contributed by atoms with van der Waals surface area (Å²) in [7, 11) is 0. The molecule has 0 saturated heterocycles. The molecule has 2 aliphatic heterocycles. The van der Waals surface area contributed by atoms with Crippen LogP contribution < -0.4 is 43.6 Å². The summed E-state index contributed by atoms with van der Waals surface area (Å²) in [5, 5.41) is 1.98. The monoisotopic (exact) mass is 796 g/mol. The van der Waals surface area contributed by atoms with E-state index in [2.05, 4.69) is 46.8 Å². The largest absolute Gasteiger partial charge is 1.00 e. The van der Waals surface area contributed by atoms with Gasteiger partial charge in [0.25, 0.3) is 0 Å². The predicted octanol–water partition coefficient (Wildman–Crippen LogP) is 3.64. The number of benzene rings is 2. The van der Waals surface area contributed by atoms with Gasteiger partial charge in [0.15, 0.2) is 11.9 Å². The number of hydrogen-bond acceptors (Lipinski definition) is 7. The van der Waals surface area contributed by atoms with E-state index in [1.807, 2.05) is 24.3 Å². The number of nitrogens with zero attached hydrogens (tertiary/aromatic N) is 3. The maximum Gasteiger partial charge on any atom is 0.302 e. The Bertz CT molecular complexity index is 1420. The zero-order valence-electron chi connectivity index (χ0n) is 25.1. The van der Waals surface area contributed by atoms with Crippen LogP contribution in [0.2, 0.25) is 20.1 Å². The van der Waals surface area contributed by atoms with Crippen LogP contribution in [0.15, 0.2) is 48.3 Å². The third-order valence-electron chi connectivity index (χ3n) is 7.46. The normalized spacial score (nSPS) is 18.1. The van der Waals surface area contributed by atoms with Gasteiger partial charge < -0.3 is 48.2 Å². The Kier molecular flexibility index (Phi) is 13.8. The smallest absolute Gasteiger partial charge is 0.302 e. The fraction of sp³-hybridized carbons (Fsp3) is 0.419. The van der Waals surface area contributed by atoms with E-state index in [0.717, 1.165) is 41.7 Å². The van der Waals surface area contributed by atoms with Gasteiger partial charge >= 0.3 is 11.9 Å². The molecule has 2 aliphatic rings. The first-order valence-corrected chi connectivity index (χ1v) is 15.9. The molecule has 2 aromatic rings. The molecule has 2 heterocycles. The van der Waals surface area contributed by atoms with E-state index in [0.29, 0.717) is 59.2 Å². The third kappa shape index (κ3) is 8.27. The lowest BCUT2D eigenvalue weighted by molar-refractivity contribution is -0.846. The van der Waals surface area contributed by atoms with Gasteiger partial charge in [-0.15, -0.1) is 0 Å². The molecule has 0 radical (unpaired) electrons. The molecular formula is C31H37Cl4IN4O4. The van der Waals surface area contributed by atoms with E-state index in [1.54, 1.807) is 0 Å². The van der Waals surface area contributed by atoms with E-state index >= 15 is 0 Å². The van der Waals surface area contributed by atoms with E-state index < -0.39 is 0 Å². The van der Waals surface area contributed by atoms with Crippen LogP contribution >= 0.6 is 46.4 Å². The second-order valence-electron chi connectivity index (χ2n) is 10.2. The van der Waals surface area contributed by atoms with Crippen molar-refractivity contribution in [3.8, 4) is 0 Å². The van der Waals surface area contributed by atoms with Gasteiger partial charge in [-0.25, -0.2) is 0 Å². The number of halogens is 5. The Labute approximate surface area is 296 Å². The number of rotatable bonds is 12. The number of fused-ring (bicyclic) bond motifs is 2. The molecule has 4 rings (SSSR count). The highest BCUT2D eigenvalue weighted by Gasteiger charge is 2.39. The number of nitrogens with one attached hydrogen (secondary N) is 1. The minimum absolute atomic E-state index is 0. The fourth-order valence-corrected chi connectivity index (χ4v) is 6.30. The highest BCUT2D eigenvalue weighted by Crippen LogP contribution is 2.45. The van der Waals surface area contributed by atoms with Crippen molar-refractivity contribution < 1.29 is 47.9 Å². The van der Waals surface area contributed by atoms with Gasteiger partial charge in [-0.1, -0.05) is 52.5 Å². The standard InChI is InChI=1S/C31H36Cl4N4O4.HI/c1-5-36-26-16-22(32)24(34)18-28(26)38(12-8-14-42-20(3)40)30(36)10-7-11-31-37(6-2)27-17-23(33)25(35)19-29(27)39(31)13-9-15-43-21(4)41;/h7,10-11,16-19,30H,5-6,8-9,12-15H2,1-4H3;1H/b10-7+,31-11-;. The predicted molar refractivity (Wildman–Crippen MR) is 175 cm³/mol. The fourth-order valence-electron chi connectivity index (χ4n) is 5.66. The van der Waals surface area contributed by atoms with Gasteiger partial charge in [0.1, 0.15) is 11.5 Å². The number of anilines is 3. The second-order valence-corrected chi connectivity index (χ2v) is 11.9. The Morgan fingerprint density at radius 3 is 1.93 bits per heavy atom. The van der Waals surface area contributed by atoms with Gasteiger partial charge in [0.05, 0.1) is 51.2 Å². The van der Waals surface area contributed by atoms with Crippen LogP contribution in [-0.2, 0) is 19.1 Å². The number of carbonyl (C=O) groups excluding carboxylic acids is 2. The van der Waals surface area contributed by atoms with Crippen LogP contribution in [0, 0.1) is 0 Å². The molecule has 8 nitrogen and oxygen atoms in total. The topological polar surface area (TPSA) is 66.8 Å². The first kappa shape index (κ1) is 36.6. The van der Waals surface area contributed by atoms with E-state index in [4.69, 9.17) is 55.9 Å². The molecule has 1 N–H and O–H groups in total. The summed E-state index contributed by atoms with van der Waals surface area (Å²) in [6, 6.07) is 7.63. The van der Waals surface area contributed by atoms with E-state index in [-0.39, 0.29) is 42.1 Å². The van der Waals surface area contributed by atoms with Gasteiger partial charge in [-0.05, 0) is 50.6 Å². The molecule has 240 valence electrons. The second kappa shape index (κ2) is 16.6. The lowest BCUT2D eigenvalue weighted by Crippen LogP contribution is -3.11. The number of carbonyl (C=O) groups is 2.